The lowest BCUT2D eigenvalue weighted by Crippen LogP contribution is -2.33. The molecule has 0 aliphatic carbocycles. The number of rotatable bonds is 1. The fraction of sp³-hybridized carbons (Fsp3) is 0.500. The van der Waals surface area contributed by atoms with Gasteiger partial charge in [-0.2, -0.15) is 5.26 Å². The van der Waals surface area contributed by atoms with Crippen LogP contribution in [0.5, 0.6) is 0 Å². The van der Waals surface area contributed by atoms with Crippen LogP contribution in [0.25, 0.3) is 0 Å². The Morgan fingerprint density at radius 2 is 2.21 bits per heavy atom. The van der Waals surface area contributed by atoms with E-state index in [-0.39, 0.29) is 5.92 Å². The monoisotopic (exact) mass is 188 g/mol. The molecule has 0 aromatic carbocycles. The molecule has 14 heavy (non-hydrogen) atoms. The number of piperidine rings is 1. The maximum Gasteiger partial charge on any atom is 0.131 e. The van der Waals surface area contributed by atoms with E-state index >= 15 is 0 Å². The first-order valence-corrected chi connectivity index (χ1v) is 4.81. The normalized spacial score (nSPS) is 17.8. The summed E-state index contributed by atoms with van der Waals surface area (Å²) in [5.74, 6) is 1.20. The molecule has 0 radical (unpaired) electrons. The largest absolute Gasteiger partial charge is 0.356 e. The van der Waals surface area contributed by atoms with Crippen molar-refractivity contribution >= 4 is 5.82 Å². The molecule has 4 nitrogen and oxygen atoms in total. The van der Waals surface area contributed by atoms with E-state index in [0.717, 1.165) is 31.7 Å². The van der Waals surface area contributed by atoms with Gasteiger partial charge in [0.25, 0.3) is 0 Å². The molecule has 1 aromatic heterocycles. The van der Waals surface area contributed by atoms with Crippen LogP contribution in [-0.2, 0) is 0 Å². The summed E-state index contributed by atoms with van der Waals surface area (Å²) in [5, 5.41) is 8.75. The SMILES string of the molecule is N#CC1CCN(c2ccncn2)CC1. The smallest absolute Gasteiger partial charge is 0.131 e. The second-order valence-corrected chi connectivity index (χ2v) is 3.46. The van der Waals surface area contributed by atoms with E-state index in [1.807, 2.05) is 6.07 Å². The molecule has 0 bridgehead atoms. The number of hydrogen-bond acceptors (Lipinski definition) is 4. The van der Waals surface area contributed by atoms with Gasteiger partial charge in [-0.05, 0) is 18.9 Å². The third kappa shape index (κ3) is 1.82. The van der Waals surface area contributed by atoms with E-state index in [1.165, 1.54) is 0 Å². The number of anilines is 1. The predicted molar refractivity (Wildman–Crippen MR) is 52.6 cm³/mol. The van der Waals surface area contributed by atoms with E-state index in [2.05, 4.69) is 20.9 Å². The average Bonchev–Trinajstić information content (AvgIpc) is 2.30. The van der Waals surface area contributed by atoms with Crippen molar-refractivity contribution in [3.63, 3.8) is 0 Å². The molecule has 1 fully saturated rings. The van der Waals surface area contributed by atoms with Crippen LogP contribution in [0, 0.1) is 17.2 Å². The molecular formula is C10H12N4. The van der Waals surface area contributed by atoms with Gasteiger partial charge in [-0.15, -0.1) is 0 Å². The van der Waals surface area contributed by atoms with Gasteiger partial charge in [-0.1, -0.05) is 0 Å². The van der Waals surface area contributed by atoms with Crippen LogP contribution in [-0.4, -0.2) is 23.1 Å². The molecule has 1 saturated heterocycles. The maximum atomic E-state index is 8.75. The highest BCUT2D eigenvalue weighted by Crippen LogP contribution is 2.20. The Balaban J connectivity index is 2.00. The van der Waals surface area contributed by atoms with E-state index < -0.39 is 0 Å². The van der Waals surface area contributed by atoms with Gasteiger partial charge in [-0.3, -0.25) is 0 Å². The Hall–Kier alpha value is -1.63. The van der Waals surface area contributed by atoms with Crippen LogP contribution in [0.4, 0.5) is 5.82 Å². The van der Waals surface area contributed by atoms with Crippen molar-refractivity contribution in [1.82, 2.24) is 9.97 Å². The Bertz CT molecular complexity index is 322. The van der Waals surface area contributed by atoms with Crippen LogP contribution in [0.3, 0.4) is 0 Å². The van der Waals surface area contributed by atoms with Gasteiger partial charge in [0.2, 0.25) is 0 Å². The highest BCUT2D eigenvalue weighted by Gasteiger charge is 2.19. The first kappa shape index (κ1) is 8.95. The summed E-state index contributed by atoms with van der Waals surface area (Å²) >= 11 is 0. The standard InChI is InChI=1S/C10H12N4/c11-7-9-2-5-14(6-3-9)10-1-4-12-8-13-10/h1,4,8-9H,2-3,5-6H2. The van der Waals surface area contributed by atoms with Crippen LogP contribution in [0.15, 0.2) is 18.6 Å². The molecule has 0 spiro atoms. The van der Waals surface area contributed by atoms with Crippen molar-refractivity contribution in [3.05, 3.63) is 18.6 Å². The Kier molecular flexibility index (Phi) is 2.59. The number of nitriles is 1. The lowest BCUT2D eigenvalue weighted by molar-refractivity contribution is 0.485. The summed E-state index contributed by atoms with van der Waals surface area (Å²) in [6.45, 7) is 1.85. The van der Waals surface area contributed by atoms with Crippen LogP contribution < -0.4 is 4.90 Å². The van der Waals surface area contributed by atoms with E-state index in [0.29, 0.717) is 0 Å². The topological polar surface area (TPSA) is 52.8 Å². The molecule has 0 N–H and O–H groups in total. The molecule has 4 heteroatoms. The lowest BCUT2D eigenvalue weighted by Gasteiger charge is -2.29. The molecule has 0 saturated carbocycles. The third-order valence-electron chi connectivity index (χ3n) is 2.57. The Morgan fingerprint density at radius 3 is 2.79 bits per heavy atom. The van der Waals surface area contributed by atoms with Gasteiger partial charge in [-0.25, -0.2) is 9.97 Å². The van der Waals surface area contributed by atoms with E-state index in [4.69, 9.17) is 5.26 Å². The number of nitrogens with zero attached hydrogens (tertiary/aromatic N) is 4. The van der Waals surface area contributed by atoms with Gasteiger partial charge in [0, 0.05) is 25.2 Å². The van der Waals surface area contributed by atoms with Crippen molar-refractivity contribution in [2.75, 3.05) is 18.0 Å². The third-order valence-corrected chi connectivity index (χ3v) is 2.57. The zero-order chi connectivity index (χ0) is 9.80. The quantitative estimate of drug-likeness (QED) is 0.664. The minimum atomic E-state index is 0.230. The van der Waals surface area contributed by atoms with Crippen LogP contribution in [0.2, 0.25) is 0 Å². The molecule has 72 valence electrons. The zero-order valence-electron chi connectivity index (χ0n) is 7.93. The molecule has 0 unspecified atom stereocenters. The molecule has 2 rings (SSSR count). The minimum absolute atomic E-state index is 0.230. The molecular weight excluding hydrogens is 176 g/mol. The first-order valence-electron chi connectivity index (χ1n) is 4.81. The molecule has 2 heterocycles. The fourth-order valence-electron chi connectivity index (χ4n) is 1.71. The second-order valence-electron chi connectivity index (χ2n) is 3.46. The van der Waals surface area contributed by atoms with Gasteiger partial charge < -0.3 is 4.90 Å². The van der Waals surface area contributed by atoms with Gasteiger partial charge in [0.05, 0.1) is 6.07 Å². The summed E-state index contributed by atoms with van der Waals surface area (Å²) in [7, 11) is 0. The molecule has 1 aliphatic heterocycles. The summed E-state index contributed by atoms with van der Waals surface area (Å²) in [4.78, 5) is 10.3. The van der Waals surface area contributed by atoms with Gasteiger partial charge >= 0.3 is 0 Å². The van der Waals surface area contributed by atoms with Crippen molar-refractivity contribution < 1.29 is 0 Å². The minimum Gasteiger partial charge on any atom is -0.356 e. The van der Waals surface area contributed by atoms with Crippen molar-refractivity contribution in [3.8, 4) is 6.07 Å². The van der Waals surface area contributed by atoms with Gasteiger partial charge in [0.1, 0.15) is 12.1 Å². The number of aromatic nitrogens is 2. The summed E-state index contributed by atoms with van der Waals surface area (Å²) in [6, 6.07) is 4.23. The average molecular weight is 188 g/mol. The van der Waals surface area contributed by atoms with Crippen LogP contribution >= 0.6 is 0 Å². The van der Waals surface area contributed by atoms with Gasteiger partial charge in [0.15, 0.2) is 0 Å². The van der Waals surface area contributed by atoms with E-state index in [1.54, 1.807) is 12.5 Å². The Labute approximate surface area is 83.2 Å². The molecule has 1 aromatic rings. The summed E-state index contributed by atoms with van der Waals surface area (Å²) in [5.41, 5.74) is 0. The second kappa shape index (κ2) is 4.05. The maximum absolute atomic E-state index is 8.75. The number of hydrogen-bond donors (Lipinski definition) is 0. The molecule has 0 atom stereocenters. The highest BCUT2D eigenvalue weighted by molar-refractivity contribution is 5.36. The van der Waals surface area contributed by atoms with Crippen LogP contribution in [0.1, 0.15) is 12.8 Å². The zero-order valence-corrected chi connectivity index (χ0v) is 7.93. The highest BCUT2D eigenvalue weighted by atomic mass is 15.2. The van der Waals surface area contributed by atoms with Crippen molar-refractivity contribution in [2.24, 2.45) is 5.92 Å². The molecule has 1 aliphatic rings. The fourth-order valence-corrected chi connectivity index (χ4v) is 1.71. The molecule has 0 amide bonds. The van der Waals surface area contributed by atoms with Crippen molar-refractivity contribution in [2.45, 2.75) is 12.8 Å². The predicted octanol–water partition coefficient (Wildman–Crippen LogP) is 1.22. The van der Waals surface area contributed by atoms with E-state index in [9.17, 15) is 0 Å². The summed E-state index contributed by atoms with van der Waals surface area (Å²) < 4.78 is 0. The summed E-state index contributed by atoms with van der Waals surface area (Å²) in [6.07, 6.45) is 5.20. The van der Waals surface area contributed by atoms with Crippen molar-refractivity contribution in [1.29, 1.82) is 5.26 Å². The lowest BCUT2D eigenvalue weighted by atomic mass is 9.99. The Morgan fingerprint density at radius 1 is 1.43 bits per heavy atom. The first-order chi connectivity index (χ1) is 6.90.